The lowest BCUT2D eigenvalue weighted by molar-refractivity contribution is 0.0904. The third-order valence-electron chi connectivity index (χ3n) is 9.74. The minimum Gasteiger partial charge on any atom is -0.506 e. The van der Waals surface area contributed by atoms with Crippen LogP contribution >= 0.6 is 0 Å². The van der Waals surface area contributed by atoms with Crippen molar-refractivity contribution in [3.63, 3.8) is 0 Å². The molecule has 1 atom stereocenters. The van der Waals surface area contributed by atoms with Gasteiger partial charge in [-0.05, 0) is 87.4 Å². The summed E-state index contributed by atoms with van der Waals surface area (Å²) in [5, 5.41) is 37.3. The van der Waals surface area contributed by atoms with Gasteiger partial charge in [-0.15, -0.1) is 0 Å². The number of aliphatic hydroxyl groups is 1. The molecule has 0 radical (unpaired) electrons. The first kappa shape index (κ1) is 36.0. The standard InChI is InChI=1S/C39H49N7O5/c1-3-32-30(36(43-27-17-20-51-21-18-27)31-23-42-46(4-2)38(31)44-32)22-41-39(50)26-11-9-25(10-12-26)8-6-5-7-19-40-24-34(48)28-13-15-33(47)37-29(28)14-16-35(49)45-37/h9-16,23,27,34,40,47-48H,3-8,17-22,24H2,1-2H3,(H,41,50)(H,43,44)(H,45,49). The summed E-state index contributed by atoms with van der Waals surface area (Å²) in [6.45, 7) is 7.86. The smallest absolute Gasteiger partial charge is 0.251 e. The Labute approximate surface area is 297 Å². The van der Waals surface area contributed by atoms with Gasteiger partial charge in [-0.2, -0.15) is 5.10 Å². The molecule has 0 bridgehead atoms. The zero-order valence-corrected chi connectivity index (χ0v) is 29.5. The number of aromatic nitrogens is 4. The highest BCUT2D eigenvalue weighted by atomic mass is 16.5. The van der Waals surface area contributed by atoms with E-state index in [1.54, 1.807) is 12.1 Å². The van der Waals surface area contributed by atoms with Crippen molar-refractivity contribution in [3.8, 4) is 5.75 Å². The lowest BCUT2D eigenvalue weighted by Gasteiger charge is -2.26. The van der Waals surface area contributed by atoms with Crippen molar-refractivity contribution in [2.75, 3.05) is 31.6 Å². The minimum absolute atomic E-state index is 0.0221. The fourth-order valence-electron chi connectivity index (χ4n) is 6.85. The molecule has 1 amide bonds. The number of carbonyl (C=O) groups is 1. The van der Waals surface area contributed by atoms with E-state index in [4.69, 9.17) is 9.72 Å². The van der Waals surface area contributed by atoms with Crippen LogP contribution in [0.2, 0.25) is 0 Å². The molecular weight excluding hydrogens is 646 g/mol. The Morgan fingerprint density at radius 1 is 1.04 bits per heavy atom. The van der Waals surface area contributed by atoms with Crippen molar-refractivity contribution in [1.82, 2.24) is 30.4 Å². The number of hydrogen-bond donors (Lipinski definition) is 6. The first-order chi connectivity index (χ1) is 24.9. The summed E-state index contributed by atoms with van der Waals surface area (Å²) in [5.74, 6) is -0.141. The summed E-state index contributed by atoms with van der Waals surface area (Å²) < 4.78 is 7.51. The number of aromatic hydroxyl groups is 1. The molecule has 4 heterocycles. The van der Waals surface area contributed by atoms with E-state index in [9.17, 15) is 19.8 Å². The number of anilines is 1. The van der Waals surface area contributed by atoms with Gasteiger partial charge in [0.25, 0.3) is 5.91 Å². The van der Waals surface area contributed by atoms with E-state index in [0.717, 1.165) is 99.2 Å². The number of hydrogen-bond acceptors (Lipinski definition) is 9. The zero-order chi connectivity index (χ0) is 35.7. The van der Waals surface area contributed by atoms with Crippen LogP contribution in [0.5, 0.6) is 5.75 Å². The lowest BCUT2D eigenvalue weighted by Crippen LogP contribution is -2.30. The third-order valence-corrected chi connectivity index (χ3v) is 9.74. The molecule has 0 aliphatic carbocycles. The van der Waals surface area contributed by atoms with Gasteiger partial charge in [0.05, 0.1) is 28.9 Å². The average molecular weight is 696 g/mol. The van der Waals surface area contributed by atoms with Gasteiger partial charge in [-0.25, -0.2) is 9.67 Å². The molecule has 1 unspecified atom stereocenters. The van der Waals surface area contributed by atoms with E-state index in [2.05, 4.69) is 39.9 Å². The Bertz CT molecular complexity index is 2000. The molecular formula is C39H49N7O5. The summed E-state index contributed by atoms with van der Waals surface area (Å²) in [5.41, 5.74) is 6.33. The summed E-state index contributed by atoms with van der Waals surface area (Å²) in [6, 6.07) is 14.3. The number of fused-ring (bicyclic) bond motifs is 2. The SMILES string of the molecule is CCc1nc2c(cnn2CC)c(NC2CCOCC2)c1CNC(=O)c1ccc(CCCCCNCC(O)c2ccc(O)c3[nH]c(=O)ccc23)cc1. The number of aromatic amines is 1. The predicted molar refractivity (Wildman–Crippen MR) is 199 cm³/mol. The second-order valence-corrected chi connectivity index (χ2v) is 13.2. The normalized spacial score (nSPS) is 14.3. The average Bonchev–Trinajstić information content (AvgIpc) is 3.57. The molecule has 2 aromatic carbocycles. The highest BCUT2D eigenvalue weighted by molar-refractivity contribution is 5.95. The highest BCUT2D eigenvalue weighted by Crippen LogP contribution is 2.32. The minimum atomic E-state index is -0.773. The van der Waals surface area contributed by atoms with Gasteiger partial charge in [0.2, 0.25) is 5.56 Å². The van der Waals surface area contributed by atoms with Crippen LogP contribution in [0, 0.1) is 0 Å². The number of ether oxygens (including phenoxy) is 1. The summed E-state index contributed by atoms with van der Waals surface area (Å²) in [6.07, 6.45) is 7.62. The number of benzene rings is 2. The molecule has 0 spiro atoms. The third kappa shape index (κ3) is 8.58. The zero-order valence-electron chi connectivity index (χ0n) is 29.5. The van der Waals surface area contributed by atoms with Crippen molar-refractivity contribution in [1.29, 1.82) is 0 Å². The first-order valence-electron chi connectivity index (χ1n) is 18.2. The van der Waals surface area contributed by atoms with Crippen LogP contribution in [0.1, 0.15) is 84.8 Å². The second-order valence-electron chi connectivity index (χ2n) is 13.2. The van der Waals surface area contributed by atoms with Gasteiger partial charge < -0.3 is 35.9 Å². The van der Waals surface area contributed by atoms with Crippen molar-refractivity contribution < 1.29 is 19.7 Å². The second kappa shape index (κ2) is 17.0. The Hall–Kier alpha value is -4.78. The van der Waals surface area contributed by atoms with E-state index in [1.807, 2.05) is 35.1 Å². The molecule has 5 aromatic rings. The number of nitrogens with zero attached hydrogens (tertiary/aromatic N) is 3. The van der Waals surface area contributed by atoms with Crippen LogP contribution in [0.3, 0.4) is 0 Å². The maximum atomic E-state index is 13.3. The molecule has 270 valence electrons. The Morgan fingerprint density at radius 2 is 1.84 bits per heavy atom. The van der Waals surface area contributed by atoms with Crippen LogP contribution < -0.4 is 21.5 Å². The monoisotopic (exact) mass is 695 g/mol. The number of rotatable bonds is 16. The number of amides is 1. The molecule has 0 saturated carbocycles. The number of phenols is 1. The fourth-order valence-corrected chi connectivity index (χ4v) is 6.85. The molecule has 6 N–H and O–H groups in total. The van der Waals surface area contributed by atoms with Gasteiger partial charge in [-0.3, -0.25) is 9.59 Å². The van der Waals surface area contributed by atoms with Crippen molar-refractivity contribution >= 4 is 33.5 Å². The first-order valence-corrected chi connectivity index (χ1v) is 18.2. The van der Waals surface area contributed by atoms with Crippen molar-refractivity contribution in [2.45, 2.75) is 84.0 Å². The highest BCUT2D eigenvalue weighted by Gasteiger charge is 2.22. The number of unbranched alkanes of at least 4 members (excludes halogenated alkanes) is 2. The number of carbonyl (C=O) groups excluding carboxylic acids is 1. The fraction of sp³-hybridized carbons (Fsp3) is 0.436. The number of H-pyrrole nitrogens is 1. The predicted octanol–water partition coefficient (Wildman–Crippen LogP) is 5.12. The van der Waals surface area contributed by atoms with Crippen molar-refractivity contribution in [2.24, 2.45) is 0 Å². The van der Waals surface area contributed by atoms with Gasteiger partial charge in [0, 0.05) is 67.2 Å². The van der Waals surface area contributed by atoms with Crippen LogP contribution in [-0.2, 0) is 30.7 Å². The molecule has 1 fully saturated rings. The molecule has 3 aromatic heterocycles. The molecule has 1 aliphatic rings. The molecule has 12 nitrogen and oxygen atoms in total. The number of aliphatic hydroxyl groups excluding tert-OH is 1. The van der Waals surface area contributed by atoms with Gasteiger partial charge >= 0.3 is 0 Å². The molecule has 1 saturated heterocycles. The molecule has 6 rings (SSSR count). The summed E-state index contributed by atoms with van der Waals surface area (Å²) >= 11 is 0. The molecule has 51 heavy (non-hydrogen) atoms. The van der Waals surface area contributed by atoms with Crippen LogP contribution in [-0.4, -0.2) is 68.2 Å². The molecule has 12 heteroatoms. The van der Waals surface area contributed by atoms with E-state index in [-0.39, 0.29) is 23.3 Å². The lowest BCUT2D eigenvalue weighted by atomic mass is 10.0. The quantitative estimate of drug-likeness (QED) is 0.0769. The van der Waals surface area contributed by atoms with Gasteiger partial charge in [-0.1, -0.05) is 31.5 Å². The maximum absolute atomic E-state index is 13.3. The van der Waals surface area contributed by atoms with Crippen LogP contribution in [0.15, 0.2) is 59.5 Å². The van der Waals surface area contributed by atoms with E-state index in [1.165, 1.54) is 17.7 Å². The van der Waals surface area contributed by atoms with Crippen LogP contribution in [0.25, 0.3) is 21.9 Å². The largest absolute Gasteiger partial charge is 0.506 e. The van der Waals surface area contributed by atoms with Crippen LogP contribution in [0.4, 0.5) is 5.69 Å². The van der Waals surface area contributed by atoms with Gasteiger partial charge in [0.1, 0.15) is 5.75 Å². The number of aryl methyl sites for hydroxylation is 3. The maximum Gasteiger partial charge on any atom is 0.251 e. The van der Waals surface area contributed by atoms with E-state index >= 15 is 0 Å². The van der Waals surface area contributed by atoms with Gasteiger partial charge in [0.15, 0.2) is 5.65 Å². The Morgan fingerprint density at radius 3 is 2.61 bits per heavy atom. The van der Waals surface area contributed by atoms with E-state index in [0.29, 0.717) is 35.1 Å². The number of phenolic OH excluding ortho intramolecular Hbond substituents is 1. The topological polar surface area (TPSA) is 166 Å². The Kier molecular flexibility index (Phi) is 12.0. The number of pyridine rings is 2. The van der Waals surface area contributed by atoms with E-state index < -0.39 is 6.10 Å². The number of nitrogens with one attached hydrogen (secondary N) is 4. The summed E-state index contributed by atoms with van der Waals surface area (Å²) in [4.78, 5) is 32.6. The van der Waals surface area contributed by atoms with Crippen molar-refractivity contribution in [3.05, 3.63) is 93.0 Å². The molecule has 1 aliphatic heterocycles. The Balaban J connectivity index is 0.975. The summed E-state index contributed by atoms with van der Waals surface area (Å²) in [7, 11) is 0.